The zero-order chi connectivity index (χ0) is 11.5. The van der Waals surface area contributed by atoms with Gasteiger partial charge in [-0.2, -0.15) is 5.26 Å². The number of rotatable bonds is 3. The van der Waals surface area contributed by atoms with E-state index in [1.165, 1.54) is 6.92 Å². The first-order chi connectivity index (χ1) is 6.98. The normalized spacial score (nSPS) is 13.9. The van der Waals surface area contributed by atoms with E-state index in [0.717, 1.165) is 5.56 Å². The Bertz CT molecular complexity index is 408. The predicted octanol–water partition coefficient (Wildman–Crippen LogP) is 1.90. The molecule has 0 aliphatic rings. The fourth-order valence-electron chi connectivity index (χ4n) is 1.19. The van der Waals surface area contributed by atoms with E-state index in [1.54, 1.807) is 24.3 Å². The van der Waals surface area contributed by atoms with Gasteiger partial charge >= 0.3 is 0 Å². The number of amides is 1. The summed E-state index contributed by atoms with van der Waals surface area (Å²) in [7, 11) is 0. The van der Waals surface area contributed by atoms with Crippen molar-refractivity contribution in [3.8, 4) is 6.07 Å². The minimum Gasteiger partial charge on any atom is -0.368 e. The highest BCUT2D eigenvalue weighted by molar-refractivity contribution is 6.30. The van der Waals surface area contributed by atoms with E-state index in [4.69, 9.17) is 22.6 Å². The highest BCUT2D eigenvalue weighted by Gasteiger charge is 2.31. The molecule has 0 bridgehead atoms. The second-order valence-electron chi connectivity index (χ2n) is 3.61. The number of nitrogens with zero attached hydrogens (tertiary/aromatic N) is 1. The fourth-order valence-corrected chi connectivity index (χ4v) is 1.32. The summed E-state index contributed by atoms with van der Waals surface area (Å²) in [6.07, 6.45) is 0.302. The molecular weight excluding hydrogens is 212 g/mol. The lowest BCUT2D eigenvalue weighted by molar-refractivity contribution is -0.124. The molecule has 0 saturated heterocycles. The number of carbonyl (C=O) groups excluding carboxylic acids is 1. The molecule has 0 aliphatic carbocycles. The number of halogens is 1. The molecule has 78 valence electrons. The standard InChI is InChI=1S/C11H11ClN2O/c1-11(7-13,10(14)15)6-8-2-4-9(12)5-3-8/h2-5H,6H2,1H3,(H2,14,15)/t11-/m0/s1. The van der Waals surface area contributed by atoms with Gasteiger partial charge in [-0.25, -0.2) is 0 Å². The summed E-state index contributed by atoms with van der Waals surface area (Å²) in [5.74, 6) is -0.611. The van der Waals surface area contributed by atoms with Crippen LogP contribution < -0.4 is 5.73 Å². The van der Waals surface area contributed by atoms with Crippen molar-refractivity contribution in [3.05, 3.63) is 34.9 Å². The number of hydrogen-bond donors (Lipinski definition) is 1. The third kappa shape index (κ3) is 2.71. The van der Waals surface area contributed by atoms with Crippen molar-refractivity contribution >= 4 is 17.5 Å². The summed E-state index contributed by atoms with van der Waals surface area (Å²) in [6.45, 7) is 1.53. The molecule has 2 N–H and O–H groups in total. The first-order valence-corrected chi connectivity index (χ1v) is 4.81. The van der Waals surface area contributed by atoms with Crippen molar-refractivity contribution in [1.82, 2.24) is 0 Å². The molecule has 0 aliphatic heterocycles. The summed E-state index contributed by atoms with van der Waals surface area (Å²) >= 11 is 5.72. The van der Waals surface area contributed by atoms with E-state index in [0.29, 0.717) is 11.4 Å². The highest BCUT2D eigenvalue weighted by atomic mass is 35.5. The summed E-state index contributed by atoms with van der Waals surface area (Å²) in [5, 5.41) is 9.52. The van der Waals surface area contributed by atoms with Crippen molar-refractivity contribution in [2.75, 3.05) is 0 Å². The molecule has 0 unspecified atom stereocenters. The smallest absolute Gasteiger partial charge is 0.237 e. The summed E-state index contributed by atoms with van der Waals surface area (Å²) in [5.41, 5.74) is 4.88. The number of hydrogen-bond acceptors (Lipinski definition) is 2. The zero-order valence-electron chi connectivity index (χ0n) is 8.33. The molecule has 3 nitrogen and oxygen atoms in total. The van der Waals surface area contributed by atoms with E-state index in [1.807, 2.05) is 6.07 Å². The molecule has 4 heteroatoms. The topological polar surface area (TPSA) is 66.9 Å². The van der Waals surface area contributed by atoms with Gasteiger partial charge in [-0.05, 0) is 31.0 Å². The first kappa shape index (κ1) is 11.5. The van der Waals surface area contributed by atoms with Crippen molar-refractivity contribution in [1.29, 1.82) is 5.26 Å². The lowest BCUT2D eigenvalue weighted by Crippen LogP contribution is -2.34. The predicted molar refractivity (Wildman–Crippen MR) is 58.1 cm³/mol. The van der Waals surface area contributed by atoms with Crippen LogP contribution in [-0.2, 0) is 11.2 Å². The van der Waals surface area contributed by atoms with Crippen molar-refractivity contribution in [2.45, 2.75) is 13.3 Å². The van der Waals surface area contributed by atoms with Gasteiger partial charge in [0.05, 0.1) is 6.07 Å². The lowest BCUT2D eigenvalue weighted by atomic mass is 9.84. The Morgan fingerprint density at radius 2 is 2.07 bits per heavy atom. The maximum Gasteiger partial charge on any atom is 0.237 e. The van der Waals surface area contributed by atoms with E-state index < -0.39 is 11.3 Å². The van der Waals surface area contributed by atoms with Gasteiger partial charge in [-0.15, -0.1) is 0 Å². The highest BCUT2D eigenvalue weighted by Crippen LogP contribution is 2.22. The third-order valence-electron chi connectivity index (χ3n) is 2.26. The van der Waals surface area contributed by atoms with Crippen LogP contribution in [0.3, 0.4) is 0 Å². The van der Waals surface area contributed by atoms with Crippen LogP contribution in [0.2, 0.25) is 5.02 Å². The quantitative estimate of drug-likeness (QED) is 0.849. The Balaban J connectivity index is 2.90. The minimum absolute atomic E-state index is 0.302. The SMILES string of the molecule is C[C@@](C#N)(Cc1ccc(Cl)cc1)C(N)=O. The van der Waals surface area contributed by atoms with Crippen LogP contribution in [0.1, 0.15) is 12.5 Å². The Kier molecular flexibility index (Phi) is 3.33. The molecule has 0 aromatic heterocycles. The molecule has 1 atom stereocenters. The number of nitrogens with two attached hydrogens (primary N) is 1. The Labute approximate surface area is 93.5 Å². The van der Waals surface area contributed by atoms with E-state index in [-0.39, 0.29) is 0 Å². The number of benzene rings is 1. The van der Waals surface area contributed by atoms with Crippen LogP contribution in [0.25, 0.3) is 0 Å². The van der Waals surface area contributed by atoms with Gasteiger partial charge in [0.25, 0.3) is 0 Å². The molecular formula is C11H11ClN2O. The van der Waals surface area contributed by atoms with Gasteiger partial charge in [-0.1, -0.05) is 23.7 Å². The number of primary amides is 1. The van der Waals surface area contributed by atoms with E-state index in [9.17, 15) is 4.79 Å². The molecule has 1 rings (SSSR count). The van der Waals surface area contributed by atoms with Crippen LogP contribution >= 0.6 is 11.6 Å². The summed E-state index contributed by atoms with van der Waals surface area (Å²) in [6, 6.07) is 8.93. The van der Waals surface area contributed by atoms with Crippen molar-refractivity contribution in [3.63, 3.8) is 0 Å². The summed E-state index contributed by atoms with van der Waals surface area (Å²) < 4.78 is 0. The Hall–Kier alpha value is -1.53. The van der Waals surface area contributed by atoms with Gasteiger partial charge in [0.2, 0.25) is 5.91 Å². The lowest BCUT2D eigenvalue weighted by Gasteiger charge is -2.16. The third-order valence-corrected chi connectivity index (χ3v) is 2.51. The van der Waals surface area contributed by atoms with Crippen LogP contribution in [0.4, 0.5) is 0 Å². The van der Waals surface area contributed by atoms with E-state index in [2.05, 4.69) is 0 Å². The van der Waals surface area contributed by atoms with Gasteiger partial charge in [0, 0.05) is 5.02 Å². The first-order valence-electron chi connectivity index (χ1n) is 4.43. The molecule has 15 heavy (non-hydrogen) atoms. The number of carbonyl (C=O) groups is 1. The molecule has 0 spiro atoms. The van der Waals surface area contributed by atoms with Crippen LogP contribution in [0.15, 0.2) is 24.3 Å². The van der Waals surface area contributed by atoms with E-state index >= 15 is 0 Å². The largest absolute Gasteiger partial charge is 0.368 e. The van der Waals surface area contributed by atoms with Crippen LogP contribution in [0, 0.1) is 16.7 Å². The number of nitriles is 1. The maximum atomic E-state index is 11.1. The molecule has 0 radical (unpaired) electrons. The molecule has 0 saturated carbocycles. The monoisotopic (exact) mass is 222 g/mol. The summed E-state index contributed by atoms with van der Waals surface area (Å²) in [4.78, 5) is 11.1. The second-order valence-corrected chi connectivity index (χ2v) is 4.05. The van der Waals surface area contributed by atoms with Crippen LogP contribution in [-0.4, -0.2) is 5.91 Å². The Morgan fingerprint density at radius 3 is 2.47 bits per heavy atom. The Morgan fingerprint density at radius 1 is 1.53 bits per heavy atom. The second kappa shape index (κ2) is 4.33. The molecule has 0 heterocycles. The fraction of sp³-hybridized carbons (Fsp3) is 0.273. The molecule has 1 aromatic rings. The maximum absolute atomic E-state index is 11.1. The van der Waals surface area contributed by atoms with Gasteiger partial charge in [-0.3, -0.25) is 4.79 Å². The molecule has 1 amide bonds. The van der Waals surface area contributed by atoms with Gasteiger partial charge in [0.1, 0.15) is 5.41 Å². The van der Waals surface area contributed by atoms with Gasteiger partial charge < -0.3 is 5.73 Å². The van der Waals surface area contributed by atoms with Crippen molar-refractivity contribution < 1.29 is 4.79 Å². The average Bonchev–Trinajstić information content (AvgIpc) is 2.21. The van der Waals surface area contributed by atoms with Gasteiger partial charge in [0.15, 0.2) is 0 Å². The molecule has 1 aromatic carbocycles. The van der Waals surface area contributed by atoms with Crippen molar-refractivity contribution in [2.24, 2.45) is 11.1 Å². The minimum atomic E-state index is -1.16. The average molecular weight is 223 g/mol. The molecule has 0 fully saturated rings. The zero-order valence-corrected chi connectivity index (χ0v) is 9.08. The van der Waals surface area contributed by atoms with Crippen LogP contribution in [0.5, 0.6) is 0 Å².